The Kier molecular flexibility index (Phi) is 4.00. The summed E-state index contributed by atoms with van der Waals surface area (Å²) in [5, 5.41) is 9.68. The lowest BCUT2D eigenvalue weighted by Crippen LogP contribution is -1.92. The van der Waals surface area contributed by atoms with Gasteiger partial charge >= 0.3 is 0 Å². The van der Waals surface area contributed by atoms with Crippen molar-refractivity contribution in [2.45, 2.75) is 0 Å². The molecule has 3 rings (SSSR count). The maximum absolute atomic E-state index is 8.89. The van der Waals surface area contributed by atoms with Crippen LogP contribution in [0, 0.1) is 15.8 Å². The lowest BCUT2D eigenvalue weighted by Gasteiger charge is -2.11. The molecular weight excluding hydrogens is 310 g/mol. The Hall–Kier alpha value is -2.84. The zero-order valence-electron chi connectivity index (χ0n) is 12.6. The molecule has 0 unspecified atom stereocenters. The molecule has 114 valence electrons. The maximum atomic E-state index is 8.89. The number of benzene rings is 2. The van der Waals surface area contributed by atoms with Gasteiger partial charge in [0.05, 0.1) is 30.4 Å². The Morgan fingerprint density at radius 2 is 1.78 bits per heavy atom. The van der Waals surface area contributed by atoms with E-state index in [1.807, 2.05) is 18.2 Å². The van der Waals surface area contributed by atoms with E-state index in [0.717, 1.165) is 10.9 Å². The fraction of sp³-hybridized carbons (Fsp3) is 0.111. The second-order valence-electron chi connectivity index (χ2n) is 4.84. The molecule has 5 heteroatoms. The molecule has 0 aliphatic rings. The smallest absolute Gasteiger partial charge is 0.204 e. The van der Waals surface area contributed by atoms with Crippen LogP contribution < -0.4 is 9.47 Å². The van der Waals surface area contributed by atoms with E-state index in [1.54, 1.807) is 38.5 Å². The first kappa shape index (κ1) is 15.1. The lowest BCUT2D eigenvalue weighted by molar-refractivity contribution is 0.353. The molecule has 0 saturated carbocycles. The van der Waals surface area contributed by atoms with Crippen molar-refractivity contribution in [2.24, 2.45) is 0 Å². The summed E-state index contributed by atoms with van der Waals surface area (Å²) in [6.45, 7) is 0. The predicted molar refractivity (Wildman–Crippen MR) is 90.3 cm³/mol. The number of hydrogen-bond donors (Lipinski definition) is 0. The van der Waals surface area contributed by atoms with E-state index in [2.05, 4.69) is 6.07 Å². The summed E-state index contributed by atoms with van der Waals surface area (Å²) < 4.78 is 17.4. The van der Waals surface area contributed by atoms with Crippen LogP contribution in [0.1, 0.15) is 5.56 Å². The molecule has 0 saturated heterocycles. The minimum atomic E-state index is 0.506. The number of rotatable bonds is 3. The summed E-state index contributed by atoms with van der Waals surface area (Å²) in [5.41, 5.74) is 1.97. The highest BCUT2D eigenvalue weighted by molar-refractivity contribution is 7.71. The zero-order chi connectivity index (χ0) is 16.4. The standard InChI is InChI=1S/C18H13NO3S/c1-20-14-8-7-13-16(23)9-15(22-17(13)18(14)21-2)12-5-3-11(10-19)4-6-12/h3-9H,1-2H3. The SMILES string of the molecule is COc1ccc2c(=S)cc(-c3ccc(C#N)cc3)oc2c1OC. The summed E-state index contributed by atoms with van der Waals surface area (Å²) in [6.07, 6.45) is 0. The topological polar surface area (TPSA) is 55.4 Å². The van der Waals surface area contributed by atoms with Gasteiger partial charge in [-0.15, -0.1) is 0 Å². The molecule has 0 aliphatic carbocycles. The Balaban J connectivity index is 2.27. The highest BCUT2D eigenvalue weighted by Gasteiger charge is 2.14. The van der Waals surface area contributed by atoms with E-state index in [9.17, 15) is 0 Å². The van der Waals surface area contributed by atoms with Crippen LogP contribution in [0.2, 0.25) is 0 Å². The zero-order valence-corrected chi connectivity index (χ0v) is 13.4. The number of nitriles is 1. The molecule has 1 aromatic heterocycles. The van der Waals surface area contributed by atoms with Crippen molar-refractivity contribution >= 4 is 23.2 Å². The van der Waals surface area contributed by atoms with Gasteiger partial charge in [0.25, 0.3) is 0 Å². The van der Waals surface area contributed by atoms with E-state index >= 15 is 0 Å². The van der Waals surface area contributed by atoms with Gasteiger partial charge in [-0.1, -0.05) is 12.2 Å². The van der Waals surface area contributed by atoms with E-state index in [-0.39, 0.29) is 0 Å². The third kappa shape index (κ3) is 2.65. The van der Waals surface area contributed by atoms with Gasteiger partial charge in [-0.2, -0.15) is 5.26 Å². The van der Waals surface area contributed by atoms with Crippen molar-refractivity contribution in [3.05, 3.63) is 52.5 Å². The fourth-order valence-corrected chi connectivity index (χ4v) is 2.65. The van der Waals surface area contributed by atoms with Crippen LogP contribution in [-0.2, 0) is 0 Å². The Labute approximate surface area is 138 Å². The minimum Gasteiger partial charge on any atom is -0.493 e. The first-order valence-electron chi connectivity index (χ1n) is 6.87. The summed E-state index contributed by atoms with van der Waals surface area (Å²) in [7, 11) is 3.13. The van der Waals surface area contributed by atoms with Crippen LogP contribution >= 0.6 is 12.2 Å². The predicted octanol–water partition coefficient (Wildman–Crippen LogP) is 4.72. The highest BCUT2D eigenvalue weighted by Crippen LogP contribution is 2.38. The Morgan fingerprint density at radius 1 is 1.04 bits per heavy atom. The molecule has 3 aromatic rings. The molecule has 1 heterocycles. The van der Waals surface area contributed by atoms with Crippen LogP contribution in [0.4, 0.5) is 0 Å². The first-order chi connectivity index (χ1) is 11.2. The third-order valence-electron chi connectivity index (χ3n) is 3.54. The van der Waals surface area contributed by atoms with Gasteiger partial charge < -0.3 is 13.9 Å². The van der Waals surface area contributed by atoms with Crippen LogP contribution in [0.15, 0.2) is 46.9 Å². The van der Waals surface area contributed by atoms with Crippen molar-refractivity contribution in [1.29, 1.82) is 5.26 Å². The number of nitrogens with zero attached hydrogens (tertiary/aromatic N) is 1. The summed E-state index contributed by atoms with van der Waals surface area (Å²) in [5.74, 6) is 1.69. The molecule has 0 N–H and O–H groups in total. The van der Waals surface area contributed by atoms with Crippen molar-refractivity contribution in [2.75, 3.05) is 14.2 Å². The van der Waals surface area contributed by atoms with Crippen molar-refractivity contribution in [1.82, 2.24) is 0 Å². The quantitative estimate of drug-likeness (QED) is 0.653. The fourth-order valence-electron chi connectivity index (χ4n) is 2.38. The molecule has 0 atom stereocenters. The number of ether oxygens (including phenoxy) is 2. The molecular formula is C18H13NO3S. The summed E-state index contributed by atoms with van der Waals surface area (Å²) >= 11 is 5.47. The van der Waals surface area contributed by atoms with Crippen molar-refractivity contribution in [3.63, 3.8) is 0 Å². The monoisotopic (exact) mass is 323 g/mol. The van der Waals surface area contributed by atoms with E-state index in [1.165, 1.54) is 0 Å². The number of hydrogen-bond acceptors (Lipinski definition) is 5. The second-order valence-corrected chi connectivity index (χ2v) is 5.28. The van der Waals surface area contributed by atoms with Crippen molar-refractivity contribution in [3.8, 4) is 28.9 Å². The van der Waals surface area contributed by atoms with Crippen LogP contribution in [0.3, 0.4) is 0 Å². The molecule has 4 nitrogen and oxygen atoms in total. The highest BCUT2D eigenvalue weighted by atomic mass is 32.1. The third-order valence-corrected chi connectivity index (χ3v) is 3.88. The average molecular weight is 323 g/mol. The van der Waals surface area contributed by atoms with Gasteiger partial charge in [0.1, 0.15) is 5.76 Å². The molecule has 0 amide bonds. The number of fused-ring (bicyclic) bond motifs is 1. The molecule has 23 heavy (non-hydrogen) atoms. The van der Waals surface area contributed by atoms with Crippen LogP contribution in [0.25, 0.3) is 22.3 Å². The van der Waals surface area contributed by atoms with Crippen molar-refractivity contribution < 1.29 is 13.9 Å². The van der Waals surface area contributed by atoms with E-state index in [4.69, 9.17) is 31.4 Å². The summed E-state index contributed by atoms with van der Waals surface area (Å²) in [6, 6.07) is 14.7. The van der Waals surface area contributed by atoms with Crippen LogP contribution in [0.5, 0.6) is 11.5 Å². The largest absolute Gasteiger partial charge is 0.493 e. The molecule has 0 fully saturated rings. The summed E-state index contributed by atoms with van der Waals surface area (Å²) in [4.78, 5) is 0. The molecule has 0 bridgehead atoms. The molecule has 2 aromatic carbocycles. The Morgan fingerprint density at radius 3 is 2.39 bits per heavy atom. The molecule has 0 radical (unpaired) electrons. The number of methoxy groups -OCH3 is 2. The van der Waals surface area contributed by atoms with Gasteiger partial charge in [-0.05, 0) is 36.4 Å². The second kappa shape index (κ2) is 6.11. The van der Waals surface area contributed by atoms with Gasteiger partial charge in [-0.25, -0.2) is 0 Å². The van der Waals surface area contributed by atoms with E-state index in [0.29, 0.717) is 32.9 Å². The first-order valence-corrected chi connectivity index (χ1v) is 7.28. The van der Waals surface area contributed by atoms with Gasteiger partial charge in [-0.3, -0.25) is 0 Å². The minimum absolute atomic E-state index is 0.506. The molecule has 0 spiro atoms. The lowest BCUT2D eigenvalue weighted by atomic mass is 10.1. The van der Waals surface area contributed by atoms with Crippen LogP contribution in [-0.4, -0.2) is 14.2 Å². The van der Waals surface area contributed by atoms with Gasteiger partial charge in [0.2, 0.25) is 5.75 Å². The van der Waals surface area contributed by atoms with Gasteiger partial charge in [0.15, 0.2) is 11.3 Å². The Bertz CT molecular complexity index is 968. The molecule has 0 aliphatic heterocycles. The van der Waals surface area contributed by atoms with Gasteiger partial charge in [0, 0.05) is 17.0 Å². The maximum Gasteiger partial charge on any atom is 0.204 e. The van der Waals surface area contributed by atoms with E-state index < -0.39 is 0 Å². The average Bonchev–Trinajstić information content (AvgIpc) is 2.60. The normalized spacial score (nSPS) is 10.3.